The van der Waals surface area contributed by atoms with Gasteiger partial charge in [0.05, 0.1) is 0 Å². The largest absolute Gasteiger partial charge is 0.480 e. The molecule has 3 N–H and O–H groups in total. The van der Waals surface area contributed by atoms with Crippen molar-refractivity contribution >= 4 is 5.97 Å². The molecule has 1 saturated carbocycles. The highest BCUT2D eigenvalue weighted by Crippen LogP contribution is 2.36. The summed E-state index contributed by atoms with van der Waals surface area (Å²) in [6.07, 6.45) is 5.75. The molecule has 0 aromatic carbocycles. The quantitative estimate of drug-likeness (QED) is 0.686. The zero-order valence-corrected chi connectivity index (χ0v) is 14.3. The van der Waals surface area contributed by atoms with Crippen LogP contribution < -0.4 is 5.73 Å². The van der Waals surface area contributed by atoms with Crippen LogP contribution in [-0.4, -0.2) is 40.6 Å². The molecule has 0 aliphatic heterocycles. The summed E-state index contributed by atoms with van der Waals surface area (Å²) in [5, 5.41) is 9.42. The third-order valence-corrected chi connectivity index (χ3v) is 5.09. The maximum absolute atomic E-state index is 11.5. The second-order valence-corrected chi connectivity index (χ2v) is 7.08. The standard InChI is InChI=1S/C17H34N2O2/c1-5-15(6-2)19(12-13(3)4)11-9-14-8-7-10-17(14,18)16(20)21/h13-15H,5-12,18H2,1-4H3,(H,20,21). The van der Waals surface area contributed by atoms with Gasteiger partial charge in [-0.25, -0.2) is 0 Å². The van der Waals surface area contributed by atoms with Gasteiger partial charge in [-0.05, 0) is 50.5 Å². The topological polar surface area (TPSA) is 66.6 Å². The van der Waals surface area contributed by atoms with Crippen LogP contribution in [0.2, 0.25) is 0 Å². The van der Waals surface area contributed by atoms with Gasteiger partial charge in [0.1, 0.15) is 5.54 Å². The van der Waals surface area contributed by atoms with Gasteiger partial charge in [0.25, 0.3) is 0 Å². The van der Waals surface area contributed by atoms with Crippen molar-refractivity contribution in [3.63, 3.8) is 0 Å². The first-order valence-corrected chi connectivity index (χ1v) is 8.61. The zero-order chi connectivity index (χ0) is 16.0. The van der Waals surface area contributed by atoms with Gasteiger partial charge in [-0.15, -0.1) is 0 Å². The number of aliphatic carboxylic acids is 1. The summed E-state index contributed by atoms with van der Waals surface area (Å²) >= 11 is 0. The minimum Gasteiger partial charge on any atom is -0.480 e. The Labute approximate surface area is 130 Å². The molecule has 2 unspecified atom stereocenters. The van der Waals surface area contributed by atoms with E-state index in [1.54, 1.807) is 0 Å². The number of hydrogen-bond donors (Lipinski definition) is 2. The Morgan fingerprint density at radius 3 is 2.48 bits per heavy atom. The molecule has 124 valence electrons. The van der Waals surface area contributed by atoms with Crippen molar-refractivity contribution in [2.75, 3.05) is 13.1 Å². The lowest BCUT2D eigenvalue weighted by Gasteiger charge is -2.34. The highest BCUT2D eigenvalue weighted by Gasteiger charge is 2.45. The summed E-state index contributed by atoms with van der Waals surface area (Å²) in [4.78, 5) is 14.0. The van der Waals surface area contributed by atoms with Gasteiger partial charge in [0.2, 0.25) is 0 Å². The maximum Gasteiger partial charge on any atom is 0.323 e. The second kappa shape index (κ2) is 8.14. The van der Waals surface area contributed by atoms with E-state index >= 15 is 0 Å². The van der Waals surface area contributed by atoms with Crippen LogP contribution in [0.15, 0.2) is 0 Å². The maximum atomic E-state index is 11.5. The molecule has 4 nitrogen and oxygen atoms in total. The highest BCUT2D eigenvalue weighted by atomic mass is 16.4. The Hall–Kier alpha value is -0.610. The van der Waals surface area contributed by atoms with Crippen molar-refractivity contribution in [3.05, 3.63) is 0 Å². The molecular weight excluding hydrogens is 264 g/mol. The molecule has 0 spiro atoms. The molecule has 1 rings (SSSR count). The normalized spacial score (nSPS) is 26.2. The lowest BCUT2D eigenvalue weighted by Crippen LogP contribution is -2.52. The van der Waals surface area contributed by atoms with Crippen LogP contribution in [0.4, 0.5) is 0 Å². The Kier molecular flexibility index (Phi) is 7.14. The summed E-state index contributed by atoms with van der Waals surface area (Å²) in [5.74, 6) is -0.0572. The molecule has 0 bridgehead atoms. The molecule has 0 saturated heterocycles. The summed E-state index contributed by atoms with van der Waals surface area (Å²) in [7, 11) is 0. The summed E-state index contributed by atoms with van der Waals surface area (Å²) < 4.78 is 0. The van der Waals surface area contributed by atoms with Gasteiger partial charge < -0.3 is 15.7 Å². The van der Waals surface area contributed by atoms with E-state index in [9.17, 15) is 9.90 Å². The van der Waals surface area contributed by atoms with Gasteiger partial charge in [-0.1, -0.05) is 34.1 Å². The van der Waals surface area contributed by atoms with Gasteiger partial charge in [-0.3, -0.25) is 4.79 Å². The van der Waals surface area contributed by atoms with E-state index in [2.05, 4.69) is 32.6 Å². The first-order chi connectivity index (χ1) is 9.85. The van der Waals surface area contributed by atoms with Crippen LogP contribution in [-0.2, 0) is 4.79 Å². The van der Waals surface area contributed by atoms with Crippen molar-refractivity contribution in [2.24, 2.45) is 17.6 Å². The van der Waals surface area contributed by atoms with Gasteiger partial charge in [-0.2, -0.15) is 0 Å². The van der Waals surface area contributed by atoms with Crippen LogP contribution in [0.5, 0.6) is 0 Å². The monoisotopic (exact) mass is 298 g/mol. The molecule has 0 radical (unpaired) electrons. The third kappa shape index (κ3) is 4.68. The smallest absolute Gasteiger partial charge is 0.323 e. The number of rotatable bonds is 9. The Morgan fingerprint density at radius 1 is 1.38 bits per heavy atom. The Bertz CT molecular complexity index is 329. The first-order valence-electron chi connectivity index (χ1n) is 8.61. The van der Waals surface area contributed by atoms with Crippen molar-refractivity contribution in [1.29, 1.82) is 0 Å². The fourth-order valence-corrected chi connectivity index (χ4v) is 3.80. The average Bonchev–Trinajstić information content (AvgIpc) is 2.79. The van der Waals surface area contributed by atoms with Crippen molar-refractivity contribution in [1.82, 2.24) is 4.90 Å². The number of carbonyl (C=O) groups is 1. The van der Waals surface area contributed by atoms with Crippen molar-refractivity contribution in [2.45, 2.75) is 77.8 Å². The SMILES string of the molecule is CCC(CC)N(CCC1CCCC1(N)C(=O)O)CC(C)C. The molecular formula is C17H34N2O2. The van der Waals surface area contributed by atoms with Crippen LogP contribution in [0.3, 0.4) is 0 Å². The molecule has 1 aliphatic rings. The molecule has 0 amide bonds. The molecule has 0 heterocycles. The van der Waals surface area contributed by atoms with Crippen LogP contribution in [0.1, 0.15) is 66.2 Å². The number of carboxylic acids is 1. The highest BCUT2D eigenvalue weighted by molar-refractivity contribution is 5.79. The average molecular weight is 298 g/mol. The van der Waals surface area contributed by atoms with Gasteiger partial charge in [0, 0.05) is 12.6 Å². The van der Waals surface area contributed by atoms with E-state index in [4.69, 9.17) is 5.73 Å². The second-order valence-electron chi connectivity index (χ2n) is 7.08. The minimum atomic E-state index is -0.989. The van der Waals surface area contributed by atoms with E-state index in [0.717, 1.165) is 45.2 Å². The van der Waals surface area contributed by atoms with E-state index < -0.39 is 11.5 Å². The summed E-state index contributed by atoms with van der Waals surface area (Å²) in [6, 6.07) is 0.603. The molecule has 21 heavy (non-hydrogen) atoms. The summed E-state index contributed by atoms with van der Waals surface area (Å²) in [6.45, 7) is 11.0. The first kappa shape index (κ1) is 18.4. The van der Waals surface area contributed by atoms with Crippen molar-refractivity contribution in [3.8, 4) is 0 Å². The third-order valence-electron chi connectivity index (χ3n) is 5.09. The Balaban J connectivity index is 2.65. The molecule has 4 heteroatoms. The molecule has 1 aliphatic carbocycles. The van der Waals surface area contributed by atoms with E-state index in [-0.39, 0.29) is 5.92 Å². The fraction of sp³-hybridized carbons (Fsp3) is 0.941. The van der Waals surface area contributed by atoms with Crippen LogP contribution in [0.25, 0.3) is 0 Å². The molecule has 0 aromatic heterocycles. The number of nitrogens with zero attached hydrogens (tertiary/aromatic N) is 1. The van der Waals surface area contributed by atoms with Crippen LogP contribution in [0, 0.1) is 11.8 Å². The lowest BCUT2D eigenvalue weighted by molar-refractivity contribution is -0.144. The van der Waals surface area contributed by atoms with Gasteiger partial charge in [0.15, 0.2) is 0 Å². The van der Waals surface area contributed by atoms with E-state index in [1.165, 1.54) is 0 Å². The van der Waals surface area contributed by atoms with Gasteiger partial charge >= 0.3 is 5.97 Å². The predicted molar refractivity (Wildman–Crippen MR) is 87.3 cm³/mol. The van der Waals surface area contributed by atoms with E-state index in [0.29, 0.717) is 18.4 Å². The zero-order valence-electron chi connectivity index (χ0n) is 14.3. The number of nitrogens with two attached hydrogens (primary N) is 1. The minimum absolute atomic E-state index is 0.124. The molecule has 0 aromatic rings. The van der Waals surface area contributed by atoms with Crippen LogP contribution >= 0.6 is 0 Å². The van der Waals surface area contributed by atoms with Crippen molar-refractivity contribution < 1.29 is 9.90 Å². The fourth-order valence-electron chi connectivity index (χ4n) is 3.80. The Morgan fingerprint density at radius 2 is 2.00 bits per heavy atom. The molecule has 2 atom stereocenters. The predicted octanol–water partition coefficient (Wildman–Crippen LogP) is 3.11. The molecule has 1 fully saturated rings. The lowest BCUT2D eigenvalue weighted by atomic mass is 9.85. The number of hydrogen-bond acceptors (Lipinski definition) is 3. The van der Waals surface area contributed by atoms with E-state index in [1.807, 2.05) is 0 Å². The number of carboxylic acid groups (broad SMARTS) is 1. The summed E-state index contributed by atoms with van der Waals surface area (Å²) in [5.41, 5.74) is 5.17.